The lowest BCUT2D eigenvalue weighted by Gasteiger charge is -2.40. The Bertz CT molecular complexity index is 1180. The van der Waals surface area contributed by atoms with Crippen molar-refractivity contribution in [3.8, 4) is 0 Å². The molecule has 0 bridgehead atoms. The Kier molecular flexibility index (Phi) is 38.7. The Morgan fingerprint density at radius 1 is 0.590 bits per heavy atom. The van der Waals surface area contributed by atoms with Gasteiger partial charge in [0.05, 0.1) is 25.4 Å². The molecule has 0 radical (unpaired) electrons. The van der Waals surface area contributed by atoms with Gasteiger partial charge in [0, 0.05) is 6.42 Å². The van der Waals surface area contributed by atoms with E-state index >= 15 is 0 Å². The Morgan fingerprint density at radius 3 is 1.57 bits per heavy atom. The fourth-order valence-electron chi connectivity index (χ4n) is 7.38. The van der Waals surface area contributed by atoms with Crippen LogP contribution in [-0.4, -0.2) is 87.5 Å². The first-order chi connectivity index (χ1) is 29.8. The van der Waals surface area contributed by atoms with E-state index in [2.05, 4.69) is 66.9 Å². The minimum Gasteiger partial charge on any atom is -0.394 e. The number of nitrogens with one attached hydrogen (secondary N) is 1. The number of carbonyl (C=O) groups is 1. The van der Waals surface area contributed by atoms with Crippen LogP contribution in [0.25, 0.3) is 0 Å². The zero-order valence-electron chi connectivity index (χ0n) is 38.6. The topological polar surface area (TPSA) is 149 Å². The standard InChI is InChI=1S/C52H91NO8/c1-3-5-7-9-11-13-14-15-16-17-18-19-20-21-22-23-24-25-26-27-28-29-30-31-32-34-36-38-40-42-48(56)53-45(46(55)41-39-37-35-33-12-10-8-6-4-2)44-60-52-51(59)50(58)49(57)47(43-54)61-52/h4,6,12,14-15,17-18,20-21,33,39,41,45-47,49-52,54-55,57-59H,3,5,7-11,13,16,19,22-32,34-38,40,42-44H2,1-2H3,(H,53,56)/b6-4+,15-14-,18-17-,21-20-,33-12+,41-39+. The van der Waals surface area contributed by atoms with Crippen LogP contribution in [0.1, 0.15) is 194 Å². The summed E-state index contributed by atoms with van der Waals surface area (Å²) in [4.78, 5) is 12.9. The van der Waals surface area contributed by atoms with E-state index in [1.807, 2.05) is 19.1 Å². The highest BCUT2D eigenvalue weighted by atomic mass is 16.7. The first kappa shape index (κ1) is 56.6. The van der Waals surface area contributed by atoms with Crippen LogP contribution in [0.3, 0.4) is 0 Å². The summed E-state index contributed by atoms with van der Waals surface area (Å²) in [5.74, 6) is -0.198. The van der Waals surface area contributed by atoms with Gasteiger partial charge < -0.3 is 40.3 Å². The Balaban J connectivity index is 2.17. The number of hydrogen-bond acceptors (Lipinski definition) is 8. The number of aliphatic hydroxyl groups excluding tert-OH is 5. The minimum absolute atomic E-state index is 0.198. The second-order valence-electron chi connectivity index (χ2n) is 16.9. The molecule has 352 valence electrons. The maximum absolute atomic E-state index is 12.9. The lowest BCUT2D eigenvalue weighted by atomic mass is 9.99. The van der Waals surface area contributed by atoms with Gasteiger partial charge in [-0.05, 0) is 77.6 Å². The highest BCUT2D eigenvalue weighted by Crippen LogP contribution is 2.22. The Hall–Kier alpha value is -2.37. The highest BCUT2D eigenvalue weighted by Gasteiger charge is 2.44. The number of aliphatic hydroxyl groups is 5. The van der Waals surface area contributed by atoms with Crippen LogP contribution in [0.5, 0.6) is 0 Å². The van der Waals surface area contributed by atoms with Crippen molar-refractivity contribution in [1.82, 2.24) is 5.32 Å². The number of carbonyl (C=O) groups excluding carboxylic acids is 1. The number of allylic oxidation sites excluding steroid dienone is 11. The first-order valence-corrected chi connectivity index (χ1v) is 24.6. The molecule has 1 aliphatic rings. The molecule has 0 aromatic heterocycles. The summed E-state index contributed by atoms with van der Waals surface area (Å²) in [6.45, 7) is 3.49. The summed E-state index contributed by atoms with van der Waals surface area (Å²) in [5.41, 5.74) is 0. The van der Waals surface area contributed by atoms with E-state index in [1.165, 1.54) is 116 Å². The molecule has 1 saturated heterocycles. The van der Waals surface area contributed by atoms with E-state index in [1.54, 1.807) is 6.08 Å². The number of ether oxygens (including phenoxy) is 2. The van der Waals surface area contributed by atoms with E-state index in [0.717, 1.165) is 57.8 Å². The van der Waals surface area contributed by atoms with Crippen LogP contribution in [-0.2, 0) is 14.3 Å². The molecule has 0 spiro atoms. The maximum Gasteiger partial charge on any atom is 0.220 e. The van der Waals surface area contributed by atoms with Crippen molar-refractivity contribution in [2.75, 3.05) is 13.2 Å². The second kappa shape index (κ2) is 41.6. The minimum atomic E-state index is -1.58. The molecule has 1 heterocycles. The summed E-state index contributed by atoms with van der Waals surface area (Å²) in [6.07, 6.45) is 49.9. The van der Waals surface area contributed by atoms with Gasteiger partial charge >= 0.3 is 0 Å². The average molecular weight is 858 g/mol. The van der Waals surface area contributed by atoms with Crippen molar-refractivity contribution in [3.63, 3.8) is 0 Å². The SMILES string of the molecule is C/C=C/CC/C=C/CC/C=C/C(O)C(COC1OC(CO)C(O)C(O)C1O)NC(=O)CCCCCCCCCCCCCCCC/C=C\C/C=C\C/C=C\CCCCCCC. The van der Waals surface area contributed by atoms with Crippen LogP contribution in [0.4, 0.5) is 0 Å². The lowest BCUT2D eigenvalue weighted by Crippen LogP contribution is -2.60. The van der Waals surface area contributed by atoms with E-state index < -0.39 is 49.5 Å². The third-order valence-corrected chi connectivity index (χ3v) is 11.3. The Morgan fingerprint density at radius 2 is 1.05 bits per heavy atom. The number of hydrogen-bond donors (Lipinski definition) is 6. The van der Waals surface area contributed by atoms with Gasteiger partial charge in [0.25, 0.3) is 0 Å². The molecule has 1 aliphatic heterocycles. The van der Waals surface area contributed by atoms with Crippen molar-refractivity contribution in [1.29, 1.82) is 0 Å². The molecule has 7 atom stereocenters. The van der Waals surface area contributed by atoms with Gasteiger partial charge in [-0.25, -0.2) is 0 Å². The summed E-state index contributed by atoms with van der Waals surface area (Å²) >= 11 is 0. The normalized spacial score (nSPS) is 21.1. The molecule has 7 unspecified atom stereocenters. The lowest BCUT2D eigenvalue weighted by molar-refractivity contribution is -0.302. The maximum atomic E-state index is 12.9. The fourth-order valence-corrected chi connectivity index (χ4v) is 7.38. The summed E-state index contributed by atoms with van der Waals surface area (Å²) in [5, 5.41) is 54.0. The van der Waals surface area contributed by atoms with Gasteiger partial charge in [0.1, 0.15) is 24.4 Å². The van der Waals surface area contributed by atoms with Gasteiger partial charge in [0.15, 0.2) is 6.29 Å². The molecule has 0 saturated carbocycles. The van der Waals surface area contributed by atoms with Crippen LogP contribution < -0.4 is 5.32 Å². The van der Waals surface area contributed by atoms with E-state index in [-0.39, 0.29) is 12.5 Å². The molecule has 6 N–H and O–H groups in total. The second-order valence-corrected chi connectivity index (χ2v) is 16.9. The predicted molar refractivity (Wildman–Crippen MR) is 253 cm³/mol. The van der Waals surface area contributed by atoms with Gasteiger partial charge in [0.2, 0.25) is 5.91 Å². The smallest absolute Gasteiger partial charge is 0.220 e. The molecule has 9 heteroatoms. The molecule has 0 aliphatic carbocycles. The molecule has 0 aromatic rings. The van der Waals surface area contributed by atoms with Gasteiger partial charge in [-0.3, -0.25) is 4.79 Å². The first-order valence-electron chi connectivity index (χ1n) is 24.6. The number of rotatable bonds is 40. The van der Waals surface area contributed by atoms with E-state index in [9.17, 15) is 30.3 Å². The van der Waals surface area contributed by atoms with Crippen molar-refractivity contribution in [3.05, 3.63) is 72.9 Å². The van der Waals surface area contributed by atoms with Crippen molar-refractivity contribution in [2.45, 2.75) is 236 Å². The highest BCUT2D eigenvalue weighted by molar-refractivity contribution is 5.76. The average Bonchev–Trinajstić information content (AvgIpc) is 3.26. The molecular weight excluding hydrogens is 767 g/mol. The molecule has 1 amide bonds. The van der Waals surface area contributed by atoms with Gasteiger partial charge in [-0.2, -0.15) is 0 Å². The van der Waals surface area contributed by atoms with E-state index in [0.29, 0.717) is 6.42 Å². The van der Waals surface area contributed by atoms with Crippen LogP contribution in [0.2, 0.25) is 0 Å². The van der Waals surface area contributed by atoms with Crippen LogP contribution >= 0.6 is 0 Å². The zero-order chi connectivity index (χ0) is 44.4. The van der Waals surface area contributed by atoms with E-state index in [4.69, 9.17) is 9.47 Å². The largest absolute Gasteiger partial charge is 0.394 e. The quantitative estimate of drug-likeness (QED) is 0.0264. The van der Waals surface area contributed by atoms with Crippen molar-refractivity contribution >= 4 is 5.91 Å². The Labute approximate surface area is 372 Å². The van der Waals surface area contributed by atoms with Crippen molar-refractivity contribution in [2.24, 2.45) is 0 Å². The molecule has 1 fully saturated rings. The molecule has 9 nitrogen and oxygen atoms in total. The third kappa shape index (κ3) is 32.0. The summed E-state index contributed by atoms with van der Waals surface area (Å²) < 4.78 is 11.2. The summed E-state index contributed by atoms with van der Waals surface area (Å²) in [7, 11) is 0. The van der Waals surface area contributed by atoms with Gasteiger partial charge in [-0.15, -0.1) is 0 Å². The molecular formula is C52H91NO8. The monoisotopic (exact) mass is 858 g/mol. The molecule has 0 aromatic carbocycles. The molecule has 1 rings (SSSR count). The predicted octanol–water partition coefficient (Wildman–Crippen LogP) is 10.9. The fraction of sp³-hybridized carbons (Fsp3) is 0.750. The molecule has 61 heavy (non-hydrogen) atoms. The number of unbranched alkanes of at least 4 members (excludes halogenated alkanes) is 21. The van der Waals surface area contributed by atoms with Crippen molar-refractivity contribution < 1.29 is 39.8 Å². The summed E-state index contributed by atoms with van der Waals surface area (Å²) in [6, 6.07) is -0.829. The van der Waals surface area contributed by atoms with Gasteiger partial charge in [-0.1, -0.05) is 183 Å². The zero-order valence-corrected chi connectivity index (χ0v) is 38.6. The van der Waals surface area contributed by atoms with Crippen LogP contribution in [0.15, 0.2) is 72.9 Å². The third-order valence-electron chi connectivity index (χ3n) is 11.3. The van der Waals surface area contributed by atoms with Crippen LogP contribution in [0, 0.1) is 0 Å². The number of amides is 1.